The molecule has 1 saturated heterocycles. The van der Waals surface area contributed by atoms with E-state index in [1.54, 1.807) is 23.5 Å². The molecule has 0 radical (unpaired) electrons. The Morgan fingerprint density at radius 3 is 2.65 bits per heavy atom. The highest BCUT2D eigenvalue weighted by atomic mass is 32.1. The Balaban J connectivity index is 1.64. The van der Waals surface area contributed by atoms with Gasteiger partial charge in [0.15, 0.2) is 5.82 Å². The first-order chi connectivity index (χ1) is 12.7. The lowest BCUT2D eigenvalue weighted by molar-refractivity contribution is 0.152. The molecule has 0 amide bonds. The standard InChI is InChI=1S/C19H22FN5S/c1-14-8-10-24(11-9-14)18(17-3-2-12-26-17)19-21-22-23-25(19)13-15-4-6-16(20)7-5-15/h2-7,12,14,18H,8-11,13H2,1H3/t18-/m1/s1. The van der Waals surface area contributed by atoms with Crippen LogP contribution in [0.15, 0.2) is 41.8 Å². The summed E-state index contributed by atoms with van der Waals surface area (Å²) in [5.74, 6) is 1.39. The Labute approximate surface area is 156 Å². The van der Waals surface area contributed by atoms with Gasteiger partial charge in [-0.2, -0.15) is 0 Å². The van der Waals surface area contributed by atoms with E-state index < -0.39 is 0 Å². The number of thiophene rings is 1. The minimum Gasteiger partial charge on any atom is -0.289 e. The van der Waals surface area contributed by atoms with E-state index in [-0.39, 0.29) is 11.9 Å². The average molecular weight is 371 g/mol. The summed E-state index contributed by atoms with van der Waals surface area (Å²) in [6.45, 7) is 4.95. The summed E-state index contributed by atoms with van der Waals surface area (Å²) in [7, 11) is 0. The molecule has 3 heterocycles. The van der Waals surface area contributed by atoms with Crippen LogP contribution >= 0.6 is 11.3 Å². The number of hydrogen-bond donors (Lipinski definition) is 0. The highest BCUT2D eigenvalue weighted by molar-refractivity contribution is 7.10. The van der Waals surface area contributed by atoms with Crippen LogP contribution in [0.4, 0.5) is 4.39 Å². The Morgan fingerprint density at radius 1 is 1.19 bits per heavy atom. The van der Waals surface area contributed by atoms with Gasteiger partial charge in [-0.3, -0.25) is 4.90 Å². The van der Waals surface area contributed by atoms with Gasteiger partial charge in [-0.1, -0.05) is 25.1 Å². The third kappa shape index (κ3) is 3.68. The van der Waals surface area contributed by atoms with Crippen LogP contribution in [0.25, 0.3) is 0 Å². The molecule has 0 aliphatic carbocycles. The molecule has 0 unspecified atom stereocenters. The second kappa shape index (κ2) is 7.63. The van der Waals surface area contributed by atoms with E-state index >= 15 is 0 Å². The van der Waals surface area contributed by atoms with Crippen molar-refractivity contribution in [3.8, 4) is 0 Å². The predicted octanol–water partition coefficient (Wildman–Crippen LogP) is 3.74. The number of tetrazole rings is 1. The molecule has 7 heteroatoms. The average Bonchev–Trinajstić information content (AvgIpc) is 3.32. The van der Waals surface area contributed by atoms with Gasteiger partial charge in [-0.15, -0.1) is 16.4 Å². The second-order valence-electron chi connectivity index (χ2n) is 6.96. The van der Waals surface area contributed by atoms with E-state index in [1.807, 2.05) is 4.68 Å². The molecule has 1 aliphatic rings. The molecular formula is C19H22FN5S. The third-order valence-corrected chi connectivity index (χ3v) is 5.97. The molecule has 136 valence electrons. The van der Waals surface area contributed by atoms with Crippen molar-refractivity contribution >= 4 is 11.3 Å². The molecule has 0 N–H and O–H groups in total. The van der Waals surface area contributed by atoms with E-state index in [2.05, 4.69) is 44.9 Å². The minimum absolute atomic E-state index is 0.0675. The van der Waals surface area contributed by atoms with Gasteiger partial charge < -0.3 is 0 Å². The van der Waals surface area contributed by atoms with E-state index in [9.17, 15) is 4.39 Å². The van der Waals surface area contributed by atoms with Gasteiger partial charge in [0.1, 0.15) is 11.9 Å². The molecule has 0 spiro atoms. The molecule has 1 atom stereocenters. The van der Waals surface area contributed by atoms with E-state index in [0.717, 1.165) is 30.4 Å². The van der Waals surface area contributed by atoms with Crippen molar-refractivity contribution in [3.05, 3.63) is 63.9 Å². The molecule has 1 aromatic carbocycles. The first-order valence-electron chi connectivity index (χ1n) is 8.98. The summed E-state index contributed by atoms with van der Waals surface area (Å²) in [5.41, 5.74) is 0.983. The maximum atomic E-state index is 13.2. The maximum absolute atomic E-state index is 13.2. The number of benzene rings is 1. The lowest BCUT2D eigenvalue weighted by Gasteiger charge is -2.35. The van der Waals surface area contributed by atoms with Crippen molar-refractivity contribution in [3.63, 3.8) is 0 Å². The van der Waals surface area contributed by atoms with Gasteiger partial charge in [0.2, 0.25) is 0 Å². The predicted molar refractivity (Wildman–Crippen MR) is 99.5 cm³/mol. The van der Waals surface area contributed by atoms with Crippen molar-refractivity contribution in [2.75, 3.05) is 13.1 Å². The Bertz CT molecular complexity index is 822. The van der Waals surface area contributed by atoms with E-state index in [4.69, 9.17) is 0 Å². The fourth-order valence-electron chi connectivity index (χ4n) is 3.49. The number of nitrogens with zero attached hydrogens (tertiary/aromatic N) is 5. The maximum Gasteiger partial charge on any atom is 0.174 e. The molecule has 2 aromatic heterocycles. The van der Waals surface area contributed by atoms with Gasteiger partial charge in [-0.25, -0.2) is 9.07 Å². The van der Waals surface area contributed by atoms with E-state index in [1.165, 1.54) is 29.9 Å². The Hall–Kier alpha value is -2.12. The number of hydrogen-bond acceptors (Lipinski definition) is 5. The molecule has 3 aromatic rings. The first kappa shape index (κ1) is 17.3. The van der Waals surface area contributed by atoms with Gasteiger partial charge >= 0.3 is 0 Å². The van der Waals surface area contributed by atoms with Crippen molar-refractivity contribution in [2.24, 2.45) is 5.92 Å². The van der Waals surface area contributed by atoms with Crippen LogP contribution in [-0.4, -0.2) is 38.2 Å². The number of rotatable bonds is 5. The molecule has 0 bridgehead atoms. The Kier molecular flexibility index (Phi) is 5.08. The number of piperidine rings is 1. The summed E-state index contributed by atoms with van der Waals surface area (Å²) in [6.07, 6.45) is 2.39. The highest BCUT2D eigenvalue weighted by Gasteiger charge is 2.30. The fourth-order valence-corrected chi connectivity index (χ4v) is 4.34. The number of aromatic nitrogens is 4. The molecule has 26 heavy (non-hydrogen) atoms. The zero-order chi connectivity index (χ0) is 17.9. The molecule has 5 nitrogen and oxygen atoms in total. The highest BCUT2D eigenvalue weighted by Crippen LogP contribution is 2.33. The van der Waals surface area contributed by atoms with Crippen molar-refractivity contribution in [1.82, 2.24) is 25.1 Å². The van der Waals surface area contributed by atoms with Crippen LogP contribution in [0.1, 0.15) is 42.1 Å². The summed E-state index contributed by atoms with van der Waals surface area (Å²) in [6, 6.07) is 10.8. The van der Waals surface area contributed by atoms with Crippen LogP contribution in [-0.2, 0) is 6.54 Å². The third-order valence-electron chi connectivity index (χ3n) is 5.05. The topological polar surface area (TPSA) is 46.8 Å². The zero-order valence-electron chi connectivity index (χ0n) is 14.8. The second-order valence-corrected chi connectivity index (χ2v) is 7.94. The van der Waals surface area contributed by atoms with Gasteiger partial charge in [0.05, 0.1) is 6.54 Å². The van der Waals surface area contributed by atoms with Crippen molar-refractivity contribution < 1.29 is 4.39 Å². The van der Waals surface area contributed by atoms with Crippen LogP contribution in [0.5, 0.6) is 0 Å². The van der Waals surface area contributed by atoms with Crippen LogP contribution in [0, 0.1) is 11.7 Å². The van der Waals surface area contributed by atoms with Crippen molar-refractivity contribution in [1.29, 1.82) is 0 Å². The van der Waals surface area contributed by atoms with Crippen molar-refractivity contribution in [2.45, 2.75) is 32.4 Å². The SMILES string of the molecule is CC1CCN([C@H](c2cccs2)c2nnnn2Cc2ccc(F)cc2)CC1. The van der Waals surface area contributed by atoms with Crippen LogP contribution in [0.3, 0.4) is 0 Å². The quantitative estimate of drug-likeness (QED) is 0.685. The first-order valence-corrected chi connectivity index (χ1v) is 9.86. The van der Waals surface area contributed by atoms with Crippen LogP contribution < -0.4 is 0 Å². The lowest BCUT2D eigenvalue weighted by atomic mass is 9.97. The summed E-state index contributed by atoms with van der Waals surface area (Å²) >= 11 is 1.74. The normalized spacial score (nSPS) is 17.5. The molecule has 0 saturated carbocycles. The monoisotopic (exact) mass is 371 g/mol. The largest absolute Gasteiger partial charge is 0.289 e. The zero-order valence-corrected chi connectivity index (χ0v) is 15.6. The fraction of sp³-hybridized carbons (Fsp3) is 0.421. The van der Waals surface area contributed by atoms with Crippen LogP contribution in [0.2, 0.25) is 0 Å². The molecular weight excluding hydrogens is 349 g/mol. The number of likely N-dealkylation sites (tertiary alicyclic amines) is 1. The number of halogens is 1. The summed E-state index contributed by atoms with van der Waals surface area (Å²) < 4.78 is 15.0. The molecule has 1 fully saturated rings. The molecule has 4 rings (SSSR count). The van der Waals surface area contributed by atoms with E-state index in [0.29, 0.717) is 6.54 Å². The Morgan fingerprint density at radius 2 is 1.96 bits per heavy atom. The summed E-state index contributed by atoms with van der Waals surface area (Å²) in [5, 5.41) is 14.6. The van der Waals surface area contributed by atoms with Gasteiger partial charge in [0.25, 0.3) is 0 Å². The van der Waals surface area contributed by atoms with Gasteiger partial charge in [0, 0.05) is 4.88 Å². The van der Waals surface area contributed by atoms with Gasteiger partial charge in [-0.05, 0) is 71.4 Å². The smallest absolute Gasteiger partial charge is 0.174 e. The molecule has 1 aliphatic heterocycles. The lowest BCUT2D eigenvalue weighted by Crippen LogP contribution is -2.37. The minimum atomic E-state index is -0.232. The summed E-state index contributed by atoms with van der Waals surface area (Å²) in [4.78, 5) is 3.74.